The minimum atomic E-state index is -0.251. The number of para-hydroxylation sites is 1. The molecule has 1 N–H and O–H groups in total. The van der Waals surface area contributed by atoms with E-state index in [2.05, 4.69) is 22.3 Å². The van der Waals surface area contributed by atoms with Gasteiger partial charge in [-0.2, -0.15) is 0 Å². The Hall–Kier alpha value is -3.58. The highest BCUT2D eigenvalue weighted by molar-refractivity contribution is 5.93. The molecular weight excluding hydrogens is 464 g/mol. The smallest absolute Gasteiger partial charge is 0.322 e. The molecule has 1 aliphatic rings. The molecule has 0 spiro atoms. The van der Waals surface area contributed by atoms with Crippen molar-refractivity contribution in [2.75, 3.05) is 44.6 Å². The van der Waals surface area contributed by atoms with Crippen molar-refractivity contribution >= 4 is 17.6 Å². The molecule has 0 unspecified atom stereocenters. The number of nitrogens with zero attached hydrogens (tertiary/aromatic N) is 3. The number of furan rings is 1. The molecular formula is C30H38N4O3. The van der Waals surface area contributed by atoms with Gasteiger partial charge in [-0.15, -0.1) is 0 Å². The zero-order chi connectivity index (χ0) is 26.0. The van der Waals surface area contributed by atoms with Gasteiger partial charge < -0.3 is 24.4 Å². The van der Waals surface area contributed by atoms with Crippen LogP contribution in [0.15, 0.2) is 71.1 Å². The van der Waals surface area contributed by atoms with Crippen LogP contribution < -0.4 is 5.32 Å². The molecule has 7 heteroatoms. The lowest BCUT2D eigenvalue weighted by molar-refractivity contribution is -0.132. The lowest BCUT2D eigenvalue weighted by Gasteiger charge is -2.29. The van der Waals surface area contributed by atoms with Crippen LogP contribution in [-0.4, -0.2) is 65.9 Å². The van der Waals surface area contributed by atoms with E-state index in [1.165, 1.54) is 18.4 Å². The molecule has 1 aliphatic heterocycles. The second-order valence-electron chi connectivity index (χ2n) is 9.78. The van der Waals surface area contributed by atoms with Gasteiger partial charge in [-0.25, -0.2) is 4.79 Å². The van der Waals surface area contributed by atoms with Gasteiger partial charge >= 0.3 is 6.03 Å². The van der Waals surface area contributed by atoms with E-state index in [4.69, 9.17) is 4.42 Å². The van der Waals surface area contributed by atoms with Crippen molar-refractivity contribution in [1.82, 2.24) is 14.7 Å². The molecule has 0 aliphatic carbocycles. The lowest BCUT2D eigenvalue weighted by Crippen LogP contribution is -2.47. The Balaban J connectivity index is 1.47. The van der Waals surface area contributed by atoms with Crippen molar-refractivity contribution < 1.29 is 14.0 Å². The van der Waals surface area contributed by atoms with Crippen molar-refractivity contribution in [2.45, 2.75) is 39.7 Å². The predicted octanol–water partition coefficient (Wildman–Crippen LogP) is 5.10. The summed E-state index contributed by atoms with van der Waals surface area (Å²) in [6.45, 7) is 8.14. The lowest BCUT2D eigenvalue weighted by atomic mass is 10.1. The Morgan fingerprint density at radius 2 is 1.62 bits per heavy atom. The van der Waals surface area contributed by atoms with E-state index in [9.17, 15) is 9.59 Å². The fourth-order valence-electron chi connectivity index (χ4n) is 4.65. The monoisotopic (exact) mass is 502 g/mol. The summed E-state index contributed by atoms with van der Waals surface area (Å²) >= 11 is 0. The number of amides is 3. The summed E-state index contributed by atoms with van der Waals surface area (Å²) in [4.78, 5) is 32.8. The molecule has 3 aromatic rings. The van der Waals surface area contributed by atoms with Crippen LogP contribution in [0.5, 0.6) is 0 Å². The van der Waals surface area contributed by atoms with Crippen molar-refractivity contribution in [3.05, 3.63) is 89.4 Å². The summed E-state index contributed by atoms with van der Waals surface area (Å²) < 4.78 is 5.78. The fourth-order valence-corrected chi connectivity index (χ4v) is 4.65. The molecule has 1 aromatic heterocycles. The van der Waals surface area contributed by atoms with Crippen LogP contribution in [0.2, 0.25) is 0 Å². The number of anilines is 1. The standard InChI is InChI=1S/C30H38N4O3/c1-24-10-6-7-13-28(24)31-30(36)34(21-20-32-17-8-9-18-32)23-29(35)33(22-27-15-14-25(2)37-27)19-16-26-11-4-3-5-12-26/h3-7,10-15H,8-9,16-23H2,1-2H3,(H,31,36). The van der Waals surface area contributed by atoms with Gasteiger partial charge in [0.25, 0.3) is 0 Å². The van der Waals surface area contributed by atoms with Gasteiger partial charge in [0.2, 0.25) is 5.91 Å². The van der Waals surface area contributed by atoms with Crippen LogP contribution in [0, 0.1) is 13.8 Å². The molecule has 7 nitrogen and oxygen atoms in total. The van der Waals surface area contributed by atoms with E-state index in [-0.39, 0.29) is 18.5 Å². The minimum Gasteiger partial charge on any atom is -0.464 e. The number of carbonyl (C=O) groups excluding carboxylic acids is 2. The van der Waals surface area contributed by atoms with E-state index in [0.717, 1.165) is 48.8 Å². The minimum absolute atomic E-state index is 0.0139. The number of hydrogen-bond donors (Lipinski definition) is 1. The summed E-state index contributed by atoms with van der Waals surface area (Å²) in [5.41, 5.74) is 2.91. The molecule has 1 fully saturated rings. The summed E-state index contributed by atoms with van der Waals surface area (Å²) in [5.74, 6) is 1.47. The molecule has 37 heavy (non-hydrogen) atoms. The van der Waals surface area contributed by atoms with Crippen LogP contribution in [0.1, 0.15) is 35.5 Å². The first-order chi connectivity index (χ1) is 18.0. The Morgan fingerprint density at radius 3 is 2.32 bits per heavy atom. The highest BCUT2D eigenvalue weighted by atomic mass is 16.3. The predicted molar refractivity (Wildman–Crippen MR) is 146 cm³/mol. The maximum atomic E-state index is 13.7. The molecule has 1 saturated heterocycles. The van der Waals surface area contributed by atoms with Gasteiger partial charge in [0, 0.05) is 25.3 Å². The average Bonchev–Trinajstić information content (AvgIpc) is 3.57. The largest absolute Gasteiger partial charge is 0.464 e. The second-order valence-corrected chi connectivity index (χ2v) is 9.78. The number of benzene rings is 2. The molecule has 0 radical (unpaired) electrons. The average molecular weight is 503 g/mol. The third-order valence-electron chi connectivity index (χ3n) is 6.89. The Kier molecular flexibility index (Phi) is 9.38. The first-order valence-corrected chi connectivity index (χ1v) is 13.2. The van der Waals surface area contributed by atoms with Crippen molar-refractivity contribution in [3.63, 3.8) is 0 Å². The quantitative estimate of drug-likeness (QED) is 0.396. The number of carbonyl (C=O) groups is 2. The van der Waals surface area contributed by atoms with Crippen molar-refractivity contribution in [3.8, 4) is 0 Å². The maximum Gasteiger partial charge on any atom is 0.322 e. The summed E-state index contributed by atoms with van der Waals surface area (Å²) in [6.07, 6.45) is 3.10. The SMILES string of the molecule is Cc1ccc(CN(CCc2ccccc2)C(=O)CN(CCN2CCCC2)C(=O)Nc2ccccc2C)o1. The molecule has 0 atom stereocenters. The van der Waals surface area contributed by atoms with Crippen LogP contribution in [0.4, 0.5) is 10.5 Å². The van der Waals surface area contributed by atoms with Gasteiger partial charge in [0.1, 0.15) is 18.1 Å². The number of hydrogen-bond acceptors (Lipinski definition) is 4. The zero-order valence-corrected chi connectivity index (χ0v) is 22.0. The molecule has 4 rings (SSSR count). The number of rotatable bonds is 11. The van der Waals surface area contributed by atoms with Gasteiger partial charge in [0.05, 0.1) is 6.54 Å². The first-order valence-electron chi connectivity index (χ1n) is 13.2. The maximum absolute atomic E-state index is 13.7. The van der Waals surface area contributed by atoms with E-state index in [1.54, 1.807) is 9.80 Å². The third-order valence-corrected chi connectivity index (χ3v) is 6.89. The molecule has 3 amide bonds. The molecule has 0 saturated carbocycles. The molecule has 2 heterocycles. The first kappa shape index (κ1) is 26.5. The van der Waals surface area contributed by atoms with Crippen molar-refractivity contribution in [1.29, 1.82) is 0 Å². The molecule has 0 bridgehead atoms. The number of aryl methyl sites for hydroxylation is 2. The van der Waals surface area contributed by atoms with Gasteiger partial charge in [-0.1, -0.05) is 48.5 Å². The number of likely N-dealkylation sites (tertiary alicyclic amines) is 1. The zero-order valence-electron chi connectivity index (χ0n) is 22.0. The Morgan fingerprint density at radius 1 is 0.892 bits per heavy atom. The third kappa shape index (κ3) is 7.95. The highest BCUT2D eigenvalue weighted by Crippen LogP contribution is 2.16. The van der Waals surface area contributed by atoms with Crippen LogP contribution >= 0.6 is 0 Å². The van der Waals surface area contributed by atoms with Gasteiger partial charge in [-0.3, -0.25) is 4.79 Å². The molecule has 196 valence electrons. The number of urea groups is 1. The van der Waals surface area contributed by atoms with Crippen LogP contribution in [-0.2, 0) is 17.8 Å². The van der Waals surface area contributed by atoms with E-state index in [0.29, 0.717) is 19.6 Å². The van der Waals surface area contributed by atoms with E-state index < -0.39 is 0 Å². The normalized spacial score (nSPS) is 13.5. The Bertz CT molecular complexity index is 1150. The molecule has 2 aromatic carbocycles. The van der Waals surface area contributed by atoms with Crippen LogP contribution in [0.25, 0.3) is 0 Å². The summed E-state index contributed by atoms with van der Waals surface area (Å²) in [5, 5.41) is 3.02. The van der Waals surface area contributed by atoms with Crippen molar-refractivity contribution in [2.24, 2.45) is 0 Å². The van der Waals surface area contributed by atoms with Crippen LogP contribution in [0.3, 0.4) is 0 Å². The fraction of sp³-hybridized carbons (Fsp3) is 0.400. The topological polar surface area (TPSA) is 69.0 Å². The van der Waals surface area contributed by atoms with Gasteiger partial charge in [0.15, 0.2) is 0 Å². The highest BCUT2D eigenvalue weighted by Gasteiger charge is 2.24. The van der Waals surface area contributed by atoms with E-state index >= 15 is 0 Å². The van der Waals surface area contributed by atoms with E-state index in [1.807, 2.05) is 68.4 Å². The Labute approximate surface area is 220 Å². The summed E-state index contributed by atoms with van der Waals surface area (Å²) in [6, 6.07) is 21.4. The second kappa shape index (κ2) is 13.1. The summed E-state index contributed by atoms with van der Waals surface area (Å²) in [7, 11) is 0. The van der Waals surface area contributed by atoms with Gasteiger partial charge in [-0.05, 0) is 75.5 Å². The number of nitrogens with one attached hydrogen (secondary N) is 1.